The van der Waals surface area contributed by atoms with Gasteiger partial charge in [0, 0.05) is 5.56 Å². The molecule has 3 aromatic rings. The summed E-state index contributed by atoms with van der Waals surface area (Å²) in [5.74, 6) is -0.547. The third-order valence-electron chi connectivity index (χ3n) is 4.52. The molecule has 0 aliphatic carbocycles. The van der Waals surface area contributed by atoms with Gasteiger partial charge in [-0.3, -0.25) is 9.59 Å². The topological polar surface area (TPSA) is 64.6 Å². The first kappa shape index (κ1) is 21.0. The number of rotatable bonds is 8. The van der Waals surface area contributed by atoms with Crippen LogP contribution in [0.25, 0.3) is 0 Å². The number of hydrogen-bond acceptors (Lipinski definition) is 4. The lowest BCUT2D eigenvalue weighted by atomic mass is 10.0. The molecule has 0 spiro atoms. The number of carbonyl (C=O) groups is 2. The summed E-state index contributed by atoms with van der Waals surface area (Å²) in [6, 6.07) is 21.5. The van der Waals surface area contributed by atoms with Gasteiger partial charge in [0.15, 0.2) is 0 Å². The van der Waals surface area contributed by atoms with E-state index in [-0.39, 0.29) is 24.8 Å². The molecule has 0 aliphatic rings. The molecule has 1 unspecified atom stereocenters. The van der Waals surface area contributed by atoms with E-state index in [1.807, 2.05) is 30.3 Å². The van der Waals surface area contributed by atoms with Crippen molar-refractivity contribution in [1.82, 2.24) is 5.32 Å². The van der Waals surface area contributed by atoms with E-state index in [0.717, 1.165) is 11.1 Å². The monoisotopic (exact) mass is 407 g/mol. The number of ether oxygens (including phenoxy) is 2. The van der Waals surface area contributed by atoms with Crippen molar-refractivity contribution < 1.29 is 23.5 Å². The summed E-state index contributed by atoms with van der Waals surface area (Å²) in [5.41, 5.74) is 2.02. The van der Waals surface area contributed by atoms with Crippen molar-refractivity contribution in [2.45, 2.75) is 19.1 Å². The van der Waals surface area contributed by atoms with Gasteiger partial charge in [0.1, 0.15) is 18.2 Å². The first-order chi connectivity index (χ1) is 14.5. The Morgan fingerprint density at radius 2 is 1.70 bits per heavy atom. The Labute approximate surface area is 174 Å². The molecule has 6 heteroatoms. The second-order valence-corrected chi connectivity index (χ2v) is 6.66. The molecule has 1 atom stereocenters. The van der Waals surface area contributed by atoms with Crippen molar-refractivity contribution >= 4 is 11.9 Å². The van der Waals surface area contributed by atoms with E-state index in [4.69, 9.17) is 9.47 Å². The van der Waals surface area contributed by atoms with E-state index in [9.17, 15) is 14.0 Å². The Kier molecular flexibility index (Phi) is 7.16. The number of esters is 1. The molecule has 154 valence electrons. The lowest BCUT2D eigenvalue weighted by Crippen LogP contribution is -2.30. The van der Waals surface area contributed by atoms with Gasteiger partial charge in [0.2, 0.25) is 0 Å². The average Bonchev–Trinajstić information content (AvgIpc) is 2.79. The highest BCUT2D eigenvalue weighted by molar-refractivity contribution is 5.95. The first-order valence-electron chi connectivity index (χ1n) is 9.45. The average molecular weight is 407 g/mol. The zero-order chi connectivity index (χ0) is 21.3. The van der Waals surface area contributed by atoms with Crippen molar-refractivity contribution in [3.05, 3.63) is 101 Å². The second-order valence-electron chi connectivity index (χ2n) is 6.66. The SMILES string of the molecule is COC(=O)CC(NC(=O)c1cccc(OCc2ccc(F)cc2)c1)c1ccccc1. The number of methoxy groups -OCH3 is 1. The number of halogens is 1. The number of amides is 1. The third-order valence-corrected chi connectivity index (χ3v) is 4.52. The Morgan fingerprint density at radius 1 is 0.967 bits per heavy atom. The fraction of sp³-hybridized carbons (Fsp3) is 0.167. The summed E-state index contributed by atoms with van der Waals surface area (Å²) in [5, 5.41) is 2.89. The molecule has 30 heavy (non-hydrogen) atoms. The first-order valence-corrected chi connectivity index (χ1v) is 9.45. The van der Waals surface area contributed by atoms with E-state index in [0.29, 0.717) is 11.3 Å². The van der Waals surface area contributed by atoms with Gasteiger partial charge in [-0.2, -0.15) is 0 Å². The molecule has 0 bridgehead atoms. The highest BCUT2D eigenvalue weighted by atomic mass is 19.1. The van der Waals surface area contributed by atoms with Crippen LogP contribution in [0.3, 0.4) is 0 Å². The largest absolute Gasteiger partial charge is 0.489 e. The molecular formula is C24H22FNO4. The van der Waals surface area contributed by atoms with Crippen LogP contribution in [0.15, 0.2) is 78.9 Å². The quantitative estimate of drug-likeness (QED) is 0.561. The molecule has 1 amide bonds. The summed E-state index contributed by atoms with van der Waals surface area (Å²) in [6.07, 6.45) is 0.0208. The van der Waals surface area contributed by atoms with Gasteiger partial charge in [0.25, 0.3) is 5.91 Å². The summed E-state index contributed by atoms with van der Waals surface area (Å²) in [7, 11) is 1.31. The zero-order valence-electron chi connectivity index (χ0n) is 16.5. The number of hydrogen-bond donors (Lipinski definition) is 1. The number of nitrogens with one attached hydrogen (secondary N) is 1. The Morgan fingerprint density at radius 3 is 2.40 bits per heavy atom. The van der Waals surface area contributed by atoms with Crippen LogP contribution in [0.5, 0.6) is 5.75 Å². The molecule has 0 aromatic heterocycles. The molecule has 3 aromatic carbocycles. The Bertz CT molecular complexity index is 990. The molecule has 0 aliphatic heterocycles. The minimum absolute atomic E-state index is 0.0208. The van der Waals surface area contributed by atoms with E-state index in [2.05, 4.69) is 5.32 Å². The third kappa shape index (κ3) is 5.91. The van der Waals surface area contributed by atoms with E-state index in [1.54, 1.807) is 36.4 Å². The highest BCUT2D eigenvalue weighted by Gasteiger charge is 2.19. The normalized spacial score (nSPS) is 11.4. The summed E-state index contributed by atoms with van der Waals surface area (Å²) in [6.45, 7) is 0.250. The summed E-state index contributed by atoms with van der Waals surface area (Å²) in [4.78, 5) is 24.6. The van der Waals surface area contributed by atoms with Gasteiger partial charge in [-0.1, -0.05) is 48.5 Å². The standard InChI is InChI=1S/C24H22FNO4/c1-29-23(27)15-22(18-6-3-2-4-7-18)26-24(28)19-8-5-9-21(14-19)30-16-17-10-12-20(25)13-11-17/h2-14,22H,15-16H2,1H3,(H,26,28). The number of carbonyl (C=O) groups excluding carboxylic acids is 2. The van der Waals surface area contributed by atoms with Crippen molar-refractivity contribution in [1.29, 1.82) is 0 Å². The lowest BCUT2D eigenvalue weighted by molar-refractivity contribution is -0.141. The molecule has 0 saturated carbocycles. The predicted octanol–water partition coefficient (Wildman–Crippen LogP) is 4.44. The Hall–Kier alpha value is -3.67. The van der Waals surface area contributed by atoms with Gasteiger partial charge < -0.3 is 14.8 Å². The lowest BCUT2D eigenvalue weighted by Gasteiger charge is -2.18. The van der Waals surface area contributed by atoms with Crippen molar-refractivity contribution in [3.8, 4) is 5.75 Å². The molecule has 1 N–H and O–H groups in total. The minimum atomic E-state index is -0.519. The minimum Gasteiger partial charge on any atom is -0.489 e. The fourth-order valence-corrected chi connectivity index (χ4v) is 2.90. The van der Waals surface area contributed by atoms with Crippen molar-refractivity contribution in [2.75, 3.05) is 7.11 Å². The molecular weight excluding hydrogens is 385 g/mol. The van der Waals surface area contributed by atoms with E-state index < -0.39 is 12.0 Å². The smallest absolute Gasteiger partial charge is 0.307 e. The number of benzene rings is 3. The molecule has 5 nitrogen and oxygen atoms in total. The molecule has 0 saturated heterocycles. The summed E-state index contributed by atoms with van der Waals surface area (Å²) >= 11 is 0. The maximum atomic E-state index is 13.0. The zero-order valence-corrected chi connectivity index (χ0v) is 16.5. The van der Waals surface area contributed by atoms with E-state index >= 15 is 0 Å². The van der Waals surface area contributed by atoms with E-state index in [1.165, 1.54) is 19.2 Å². The van der Waals surface area contributed by atoms with Gasteiger partial charge in [-0.05, 0) is 41.5 Å². The van der Waals surface area contributed by atoms with Crippen LogP contribution < -0.4 is 10.1 Å². The van der Waals surface area contributed by atoms with Crippen LogP contribution in [0.1, 0.15) is 33.9 Å². The van der Waals surface area contributed by atoms with Gasteiger partial charge in [-0.15, -0.1) is 0 Å². The highest BCUT2D eigenvalue weighted by Crippen LogP contribution is 2.20. The molecule has 0 fully saturated rings. The predicted molar refractivity (Wildman–Crippen MR) is 110 cm³/mol. The maximum absolute atomic E-state index is 13.0. The molecule has 0 radical (unpaired) electrons. The van der Waals surface area contributed by atoms with Crippen LogP contribution in [0.2, 0.25) is 0 Å². The maximum Gasteiger partial charge on any atom is 0.307 e. The van der Waals surface area contributed by atoms with Crippen LogP contribution >= 0.6 is 0 Å². The van der Waals surface area contributed by atoms with Gasteiger partial charge >= 0.3 is 5.97 Å². The Balaban J connectivity index is 1.69. The van der Waals surface area contributed by atoms with Crippen molar-refractivity contribution in [2.24, 2.45) is 0 Å². The van der Waals surface area contributed by atoms with Crippen LogP contribution in [0, 0.1) is 5.82 Å². The second kappa shape index (κ2) is 10.2. The summed E-state index contributed by atoms with van der Waals surface area (Å²) < 4.78 is 23.5. The van der Waals surface area contributed by atoms with Gasteiger partial charge in [-0.25, -0.2) is 4.39 Å². The van der Waals surface area contributed by atoms with Crippen molar-refractivity contribution in [3.63, 3.8) is 0 Å². The molecule has 3 rings (SSSR count). The van der Waals surface area contributed by atoms with Crippen LogP contribution in [-0.2, 0) is 16.1 Å². The fourth-order valence-electron chi connectivity index (χ4n) is 2.90. The van der Waals surface area contributed by atoms with Crippen LogP contribution in [0.4, 0.5) is 4.39 Å². The van der Waals surface area contributed by atoms with Crippen LogP contribution in [-0.4, -0.2) is 19.0 Å². The molecule has 0 heterocycles. The van der Waals surface area contributed by atoms with Gasteiger partial charge in [0.05, 0.1) is 19.6 Å².